The van der Waals surface area contributed by atoms with E-state index in [1.807, 2.05) is 0 Å². The standard InChI is InChI=1S/C8H12N2O2/c11-8(1-3-12-4-2-8)7-5-9-6-10-7/h5-6,11H,1-4H2,(H,9,10). The van der Waals surface area contributed by atoms with Gasteiger partial charge in [-0.1, -0.05) is 0 Å². The largest absolute Gasteiger partial charge is 0.383 e. The van der Waals surface area contributed by atoms with E-state index in [2.05, 4.69) is 9.97 Å². The van der Waals surface area contributed by atoms with Crippen molar-refractivity contribution in [3.63, 3.8) is 0 Å². The average molecular weight is 168 g/mol. The summed E-state index contributed by atoms with van der Waals surface area (Å²) in [6.45, 7) is 1.24. The molecule has 4 nitrogen and oxygen atoms in total. The number of rotatable bonds is 1. The van der Waals surface area contributed by atoms with Crippen LogP contribution in [-0.2, 0) is 10.3 Å². The fourth-order valence-electron chi connectivity index (χ4n) is 1.49. The predicted octanol–water partition coefficient (Wildman–Crippen LogP) is 0.408. The summed E-state index contributed by atoms with van der Waals surface area (Å²) in [7, 11) is 0. The molecule has 4 heteroatoms. The SMILES string of the molecule is OC1(c2cnc[nH]2)CCOCC1. The molecule has 2 N–H and O–H groups in total. The Kier molecular flexibility index (Phi) is 1.86. The van der Waals surface area contributed by atoms with E-state index in [1.54, 1.807) is 12.5 Å². The Morgan fingerprint density at radius 1 is 1.50 bits per heavy atom. The molecule has 2 heterocycles. The second-order valence-electron chi connectivity index (χ2n) is 3.11. The highest BCUT2D eigenvalue weighted by atomic mass is 16.5. The van der Waals surface area contributed by atoms with Crippen molar-refractivity contribution in [1.82, 2.24) is 9.97 Å². The van der Waals surface area contributed by atoms with E-state index >= 15 is 0 Å². The zero-order valence-electron chi connectivity index (χ0n) is 6.79. The van der Waals surface area contributed by atoms with Gasteiger partial charge in [0.25, 0.3) is 0 Å². The first-order valence-corrected chi connectivity index (χ1v) is 4.10. The third-order valence-electron chi connectivity index (χ3n) is 2.32. The Morgan fingerprint density at radius 3 is 2.83 bits per heavy atom. The van der Waals surface area contributed by atoms with Crippen molar-refractivity contribution in [1.29, 1.82) is 0 Å². The number of H-pyrrole nitrogens is 1. The van der Waals surface area contributed by atoms with Gasteiger partial charge >= 0.3 is 0 Å². The van der Waals surface area contributed by atoms with E-state index in [1.165, 1.54) is 0 Å². The quantitative estimate of drug-likeness (QED) is 0.638. The number of aromatic amines is 1. The van der Waals surface area contributed by atoms with Crippen molar-refractivity contribution < 1.29 is 9.84 Å². The maximum Gasteiger partial charge on any atom is 0.110 e. The molecule has 0 aromatic carbocycles. The van der Waals surface area contributed by atoms with Crippen molar-refractivity contribution in [2.45, 2.75) is 18.4 Å². The van der Waals surface area contributed by atoms with Crippen molar-refractivity contribution in [2.24, 2.45) is 0 Å². The third kappa shape index (κ3) is 1.23. The number of nitrogens with one attached hydrogen (secondary N) is 1. The Bertz CT molecular complexity index is 240. The molecular weight excluding hydrogens is 156 g/mol. The van der Waals surface area contributed by atoms with Crippen molar-refractivity contribution in [2.75, 3.05) is 13.2 Å². The first-order chi connectivity index (χ1) is 5.81. The van der Waals surface area contributed by atoms with Gasteiger partial charge in [0.2, 0.25) is 0 Å². The van der Waals surface area contributed by atoms with E-state index in [4.69, 9.17) is 4.74 Å². The fourth-order valence-corrected chi connectivity index (χ4v) is 1.49. The van der Waals surface area contributed by atoms with Gasteiger partial charge in [-0.15, -0.1) is 0 Å². The summed E-state index contributed by atoms with van der Waals surface area (Å²) in [5.41, 5.74) is 0.0557. The van der Waals surface area contributed by atoms with Crippen LogP contribution >= 0.6 is 0 Å². The van der Waals surface area contributed by atoms with Crippen molar-refractivity contribution in [3.05, 3.63) is 18.2 Å². The number of hydrogen-bond acceptors (Lipinski definition) is 3. The average Bonchev–Trinajstić information content (AvgIpc) is 2.58. The summed E-state index contributed by atoms with van der Waals surface area (Å²) in [5.74, 6) is 0. The highest BCUT2D eigenvalue weighted by Crippen LogP contribution is 2.29. The monoisotopic (exact) mass is 168 g/mol. The van der Waals surface area contributed by atoms with Crippen LogP contribution in [0.3, 0.4) is 0 Å². The normalized spacial score (nSPS) is 22.4. The van der Waals surface area contributed by atoms with Crippen LogP contribution in [-0.4, -0.2) is 28.3 Å². The van der Waals surface area contributed by atoms with E-state index in [9.17, 15) is 5.11 Å². The van der Waals surface area contributed by atoms with E-state index in [-0.39, 0.29) is 0 Å². The minimum absolute atomic E-state index is 0.621. The molecule has 1 saturated heterocycles. The lowest BCUT2D eigenvalue weighted by Gasteiger charge is -2.30. The van der Waals surface area contributed by atoms with Crippen LogP contribution in [0, 0.1) is 0 Å². The number of hydrogen-bond donors (Lipinski definition) is 2. The lowest BCUT2D eigenvalue weighted by Crippen LogP contribution is -2.33. The van der Waals surface area contributed by atoms with Crippen LogP contribution in [0.5, 0.6) is 0 Å². The van der Waals surface area contributed by atoms with Crippen LogP contribution in [0.4, 0.5) is 0 Å². The van der Waals surface area contributed by atoms with Crippen LogP contribution < -0.4 is 0 Å². The van der Waals surface area contributed by atoms with Gasteiger partial charge in [0.1, 0.15) is 5.60 Å². The van der Waals surface area contributed by atoms with Crippen molar-refractivity contribution in [3.8, 4) is 0 Å². The van der Waals surface area contributed by atoms with Gasteiger partial charge in [-0.2, -0.15) is 0 Å². The molecule has 66 valence electrons. The molecule has 0 amide bonds. The molecule has 0 radical (unpaired) electrons. The highest BCUT2D eigenvalue weighted by Gasteiger charge is 2.32. The van der Waals surface area contributed by atoms with E-state index in [0.29, 0.717) is 26.1 Å². The summed E-state index contributed by atoms with van der Waals surface area (Å²) in [6, 6.07) is 0. The summed E-state index contributed by atoms with van der Waals surface area (Å²) in [4.78, 5) is 6.82. The zero-order valence-corrected chi connectivity index (χ0v) is 6.79. The summed E-state index contributed by atoms with van der Waals surface area (Å²) in [5, 5.41) is 10.1. The Balaban J connectivity index is 2.19. The molecule has 0 saturated carbocycles. The summed E-state index contributed by atoms with van der Waals surface area (Å²) >= 11 is 0. The van der Waals surface area contributed by atoms with Crippen LogP contribution in [0.2, 0.25) is 0 Å². The van der Waals surface area contributed by atoms with Crippen molar-refractivity contribution >= 4 is 0 Å². The maximum atomic E-state index is 10.1. The first kappa shape index (κ1) is 7.76. The Hall–Kier alpha value is -0.870. The third-order valence-corrected chi connectivity index (χ3v) is 2.32. The number of nitrogens with zero attached hydrogens (tertiary/aromatic N) is 1. The van der Waals surface area contributed by atoms with Gasteiger partial charge in [-0.05, 0) is 0 Å². The van der Waals surface area contributed by atoms with Gasteiger partial charge in [0, 0.05) is 26.1 Å². The minimum Gasteiger partial charge on any atom is -0.383 e. The Labute approximate surface area is 70.6 Å². The lowest BCUT2D eigenvalue weighted by atomic mass is 9.91. The molecule has 2 rings (SSSR count). The molecule has 1 aromatic heterocycles. The highest BCUT2D eigenvalue weighted by molar-refractivity contribution is 5.08. The van der Waals surface area contributed by atoms with Gasteiger partial charge in [0.05, 0.1) is 18.2 Å². The predicted molar refractivity (Wildman–Crippen MR) is 42.5 cm³/mol. The molecule has 1 aliphatic rings. The molecule has 0 aliphatic carbocycles. The number of aromatic nitrogens is 2. The molecule has 0 bridgehead atoms. The smallest absolute Gasteiger partial charge is 0.110 e. The minimum atomic E-state index is -0.741. The van der Waals surface area contributed by atoms with Gasteiger partial charge < -0.3 is 14.8 Å². The molecule has 0 unspecified atom stereocenters. The van der Waals surface area contributed by atoms with E-state index in [0.717, 1.165) is 5.69 Å². The van der Waals surface area contributed by atoms with Crippen LogP contribution in [0.15, 0.2) is 12.5 Å². The first-order valence-electron chi connectivity index (χ1n) is 4.10. The molecule has 1 aliphatic heterocycles. The molecule has 1 aromatic rings. The van der Waals surface area contributed by atoms with E-state index < -0.39 is 5.60 Å². The van der Waals surface area contributed by atoms with Gasteiger partial charge in [-0.3, -0.25) is 0 Å². The number of aliphatic hydroxyl groups is 1. The van der Waals surface area contributed by atoms with Gasteiger partial charge in [0.15, 0.2) is 0 Å². The maximum absolute atomic E-state index is 10.1. The summed E-state index contributed by atoms with van der Waals surface area (Å²) in [6.07, 6.45) is 4.55. The van der Waals surface area contributed by atoms with Crippen LogP contribution in [0.25, 0.3) is 0 Å². The zero-order chi connectivity index (χ0) is 8.44. The lowest BCUT2D eigenvalue weighted by molar-refractivity contribution is -0.0703. The number of ether oxygens (including phenoxy) is 1. The van der Waals surface area contributed by atoms with Crippen LogP contribution in [0.1, 0.15) is 18.5 Å². The molecule has 12 heavy (non-hydrogen) atoms. The summed E-state index contributed by atoms with van der Waals surface area (Å²) < 4.78 is 5.17. The molecular formula is C8H12N2O2. The molecule has 1 fully saturated rings. The molecule has 0 spiro atoms. The fraction of sp³-hybridized carbons (Fsp3) is 0.625. The Morgan fingerprint density at radius 2 is 2.25 bits per heavy atom. The second kappa shape index (κ2) is 2.88. The molecule has 0 atom stereocenters. The topological polar surface area (TPSA) is 58.1 Å². The number of imidazole rings is 1. The second-order valence-corrected chi connectivity index (χ2v) is 3.11. The van der Waals surface area contributed by atoms with Gasteiger partial charge in [-0.25, -0.2) is 4.98 Å².